The number of H-pyrrole nitrogens is 1. The molecule has 13 heteroatoms. The highest BCUT2D eigenvalue weighted by molar-refractivity contribution is 7.49. The molecule has 1 aliphatic rings. The Labute approximate surface area is 174 Å². The van der Waals surface area contributed by atoms with Crippen molar-refractivity contribution in [3.05, 3.63) is 10.5 Å². The largest absolute Gasteiger partial charge is 0.463 e. The van der Waals surface area contributed by atoms with Crippen molar-refractivity contribution < 1.29 is 19.1 Å². The first kappa shape index (κ1) is 22.7. The Kier molecular flexibility index (Phi) is 7.48. The summed E-state index contributed by atoms with van der Waals surface area (Å²) in [4.78, 5) is 43.6. The number of rotatable bonds is 10. The Morgan fingerprint density at radius 3 is 2.73 bits per heavy atom. The summed E-state index contributed by atoms with van der Waals surface area (Å²) in [7, 11) is -4.18. The minimum atomic E-state index is -4.18. The first-order valence-corrected chi connectivity index (χ1v) is 11.8. The summed E-state index contributed by atoms with van der Waals surface area (Å²) in [5.41, 5.74) is 6.59. The predicted molar refractivity (Wildman–Crippen MR) is 112 cm³/mol. The predicted octanol–water partition coefficient (Wildman–Crippen LogP) is 0.275. The number of nitrogens with zero attached hydrogens (tertiary/aromatic N) is 4. The van der Waals surface area contributed by atoms with Crippen LogP contribution in [0.5, 0.6) is 6.01 Å². The normalized spacial score (nSPS) is 16.4. The molecule has 0 atom stereocenters. The maximum atomic E-state index is 12.5. The van der Waals surface area contributed by atoms with Crippen molar-refractivity contribution >= 4 is 24.7 Å². The highest BCUT2D eigenvalue weighted by Gasteiger charge is 2.23. The topological polar surface area (TPSA) is 172 Å². The molecule has 0 saturated carbocycles. The van der Waals surface area contributed by atoms with Gasteiger partial charge in [-0.15, -0.1) is 0 Å². The molecule has 0 bridgehead atoms. The van der Waals surface area contributed by atoms with Gasteiger partial charge in [0, 0.05) is 19.6 Å². The summed E-state index contributed by atoms with van der Waals surface area (Å²) in [5.74, 6) is 0.475. The summed E-state index contributed by atoms with van der Waals surface area (Å²) in [6, 6.07) is 0.175. The van der Waals surface area contributed by atoms with E-state index in [2.05, 4.69) is 31.9 Å². The van der Waals surface area contributed by atoms with E-state index < -0.39 is 7.75 Å². The van der Waals surface area contributed by atoms with E-state index in [1.807, 2.05) is 0 Å². The number of nitrogen functional groups attached to an aromatic ring is 1. The van der Waals surface area contributed by atoms with Crippen LogP contribution in [0.2, 0.25) is 0 Å². The van der Waals surface area contributed by atoms with Crippen molar-refractivity contribution in [1.82, 2.24) is 29.5 Å². The van der Waals surface area contributed by atoms with E-state index >= 15 is 0 Å². The zero-order valence-electron chi connectivity index (χ0n) is 17.1. The molecule has 2 aromatic heterocycles. The lowest BCUT2D eigenvalue weighted by Crippen LogP contribution is -2.39. The van der Waals surface area contributed by atoms with Gasteiger partial charge in [-0.25, -0.2) is 14.4 Å². The molecule has 0 radical (unpaired) electrons. The highest BCUT2D eigenvalue weighted by atomic mass is 31.2. The minimum Gasteiger partial charge on any atom is -0.463 e. The number of fused-ring (bicyclic) bond motifs is 1. The van der Waals surface area contributed by atoms with Gasteiger partial charge >= 0.3 is 19.4 Å². The third kappa shape index (κ3) is 6.02. The van der Waals surface area contributed by atoms with E-state index in [1.165, 1.54) is 0 Å². The summed E-state index contributed by atoms with van der Waals surface area (Å²) in [6.45, 7) is 5.45. The lowest BCUT2D eigenvalue weighted by molar-refractivity contribution is 0.175. The van der Waals surface area contributed by atoms with Gasteiger partial charge < -0.3 is 30.1 Å². The van der Waals surface area contributed by atoms with E-state index in [0.717, 1.165) is 38.8 Å². The van der Waals surface area contributed by atoms with Gasteiger partial charge in [-0.05, 0) is 38.3 Å². The van der Waals surface area contributed by atoms with Crippen LogP contribution in [0.15, 0.2) is 4.79 Å². The average Bonchev–Trinajstić information content (AvgIpc) is 2.99. The smallest absolute Gasteiger partial charge is 0.400 e. The molecule has 1 aliphatic heterocycles. The van der Waals surface area contributed by atoms with Crippen molar-refractivity contribution in [2.75, 3.05) is 38.5 Å². The number of unbranched alkanes of at least 4 members (excludes halogenated alkanes) is 1. The van der Waals surface area contributed by atoms with Gasteiger partial charge in [-0.3, -0.25) is 4.57 Å². The van der Waals surface area contributed by atoms with Crippen LogP contribution in [0.25, 0.3) is 11.2 Å². The molecule has 0 aliphatic carbocycles. The second kappa shape index (κ2) is 9.88. The van der Waals surface area contributed by atoms with E-state index in [-0.39, 0.29) is 30.0 Å². The van der Waals surface area contributed by atoms with Crippen LogP contribution in [0.4, 0.5) is 5.82 Å². The zero-order chi connectivity index (χ0) is 21.7. The number of nitrogens with two attached hydrogens (primary N) is 1. The number of nitrogens with one attached hydrogen (secondary N) is 2. The first-order valence-electron chi connectivity index (χ1n) is 10.2. The SMILES string of the molecule is CCCCOc1nc(N)c2[nH]c(=O)n(CC3CCN(CCNP(=O)(O)O)CC3)c2n1. The molecule has 0 spiro atoms. The highest BCUT2D eigenvalue weighted by Crippen LogP contribution is 2.27. The fourth-order valence-corrected chi connectivity index (χ4v) is 3.97. The van der Waals surface area contributed by atoms with E-state index in [1.54, 1.807) is 4.57 Å². The summed E-state index contributed by atoms with van der Waals surface area (Å²) < 4.78 is 18.0. The Balaban J connectivity index is 1.62. The minimum absolute atomic E-state index is 0.175. The van der Waals surface area contributed by atoms with Crippen LogP contribution in [-0.4, -0.2) is 67.0 Å². The van der Waals surface area contributed by atoms with Crippen LogP contribution in [-0.2, 0) is 11.1 Å². The molecule has 12 nitrogen and oxygen atoms in total. The number of aromatic nitrogens is 4. The number of aromatic amines is 1. The first-order chi connectivity index (χ1) is 14.3. The molecule has 30 heavy (non-hydrogen) atoms. The summed E-state index contributed by atoms with van der Waals surface area (Å²) in [6.07, 6.45) is 3.61. The number of piperidine rings is 1. The van der Waals surface area contributed by atoms with Crippen molar-refractivity contribution in [1.29, 1.82) is 0 Å². The lowest BCUT2D eigenvalue weighted by Gasteiger charge is -2.32. The maximum Gasteiger partial charge on any atom is 0.400 e. The maximum absolute atomic E-state index is 12.5. The van der Waals surface area contributed by atoms with Crippen LogP contribution < -0.4 is 21.2 Å². The van der Waals surface area contributed by atoms with Gasteiger partial charge in [-0.2, -0.15) is 9.97 Å². The number of hydrogen-bond acceptors (Lipinski definition) is 7. The molecule has 2 aromatic rings. The molecule has 0 unspecified atom stereocenters. The van der Waals surface area contributed by atoms with Crippen LogP contribution in [0.1, 0.15) is 32.6 Å². The van der Waals surface area contributed by atoms with Gasteiger partial charge in [0.15, 0.2) is 11.5 Å². The monoisotopic (exact) mass is 443 g/mol. The third-order valence-corrected chi connectivity index (χ3v) is 5.89. The number of anilines is 1. The number of likely N-dealkylation sites (tertiary alicyclic amines) is 1. The lowest BCUT2D eigenvalue weighted by atomic mass is 9.97. The van der Waals surface area contributed by atoms with Crippen molar-refractivity contribution in [2.45, 2.75) is 39.2 Å². The second-order valence-electron chi connectivity index (χ2n) is 7.57. The zero-order valence-corrected chi connectivity index (χ0v) is 18.0. The van der Waals surface area contributed by atoms with Gasteiger partial charge in [0.1, 0.15) is 5.52 Å². The molecule has 1 fully saturated rings. The van der Waals surface area contributed by atoms with Crippen molar-refractivity contribution in [3.8, 4) is 6.01 Å². The number of imidazole rings is 1. The Morgan fingerprint density at radius 1 is 1.33 bits per heavy atom. The van der Waals surface area contributed by atoms with Gasteiger partial charge in [0.05, 0.1) is 6.61 Å². The van der Waals surface area contributed by atoms with Crippen LogP contribution >= 0.6 is 7.75 Å². The van der Waals surface area contributed by atoms with Gasteiger partial charge in [-0.1, -0.05) is 13.3 Å². The Bertz CT molecular complexity index is 948. The van der Waals surface area contributed by atoms with E-state index in [9.17, 15) is 9.36 Å². The number of hydrogen-bond donors (Lipinski definition) is 5. The molecule has 3 heterocycles. The Hall–Kier alpha value is -1.98. The van der Waals surface area contributed by atoms with Gasteiger partial charge in [0.2, 0.25) is 0 Å². The molecule has 0 aromatic carbocycles. The fourth-order valence-electron chi connectivity index (χ4n) is 3.58. The van der Waals surface area contributed by atoms with E-state index in [0.29, 0.717) is 30.9 Å². The molecule has 3 rings (SSSR count). The quantitative estimate of drug-likeness (QED) is 0.254. The van der Waals surface area contributed by atoms with Crippen LogP contribution in [0.3, 0.4) is 0 Å². The summed E-state index contributed by atoms with van der Waals surface area (Å²) in [5, 5.41) is 2.21. The molecule has 168 valence electrons. The molecular formula is C17H30N7O5P. The van der Waals surface area contributed by atoms with Crippen molar-refractivity contribution in [2.24, 2.45) is 5.92 Å². The van der Waals surface area contributed by atoms with Crippen molar-refractivity contribution in [3.63, 3.8) is 0 Å². The molecule has 6 N–H and O–H groups in total. The molecule has 1 saturated heterocycles. The average molecular weight is 443 g/mol. The molecular weight excluding hydrogens is 413 g/mol. The second-order valence-corrected chi connectivity index (χ2v) is 8.97. The molecule has 0 amide bonds. The van der Waals surface area contributed by atoms with Gasteiger partial charge in [0.25, 0.3) is 0 Å². The van der Waals surface area contributed by atoms with Crippen LogP contribution in [0, 0.1) is 5.92 Å². The fraction of sp³-hybridized carbons (Fsp3) is 0.706. The standard InChI is InChI=1S/C17H30N7O5P/c1-2-3-10-29-16-21-14(18)13-15(22-16)24(17(25)20-13)11-12-4-7-23(8-5-12)9-6-19-30(26,27)28/h12H,2-11H2,1H3,(H,20,25)(H2,18,21,22)(H3,19,26,27,28). The summed E-state index contributed by atoms with van der Waals surface area (Å²) >= 11 is 0. The van der Waals surface area contributed by atoms with E-state index in [4.69, 9.17) is 20.3 Å². The Morgan fingerprint density at radius 2 is 2.07 bits per heavy atom. The number of ether oxygens (including phenoxy) is 1. The third-order valence-electron chi connectivity index (χ3n) is 5.25.